The highest BCUT2D eigenvalue weighted by Crippen LogP contribution is 2.18. The van der Waals surface area contributed by atoms with Crippen molar-refractivity contribution in [3.05, 3.63) is 0 Å². The molecule has 3 N–H and O–H groups in total. The Morgan fingerprint density at radius 2 is 1.38 bits per heavy atom. The minimum Gasteiger partial charge on any atom is -0.387 e. The van der Waals surface area contributed by atoms with Gasteiger partial charge in [0.1, 0.15) is 11.7 Å². The molecule has 3 heteroatoms. The summed E-state index contributed by atoms with van der Waals surface area (Å²) in [6, 6.07) is 0. The standard InChI is InChI=1S/C10H21N3/c1-9(2,3)7(11)13-8(12)10(4,5)6/h1-6H3,(H3,11,12,13). The average Bonchev–Trinajstić information content (AvgIpc) is 1.82. The highest BCUT2D eigenvalue weighted by Gasteiger charge is 2.21. The molecule has 0 bridgehead atoms. The maximum Gasteiger partial charge on any atom is 0.127 e. The Morgan fingerprint density at radius 1 is 1.00 bits per heavy atom. The maximum atomic E-state index is 7.68. The number of hydrogen-bond acceptors (Lipinski definition) is 1. The fourth-order valence-electron chi connectivity index (χ4n) is 0.456. The van der Waals surface area contributed by atoms with Crippen molar-refractivity contribution in [3.63, 3.8) is 0 Å². The third-order valence-corrected chi connectivity index (χ3v) is 1.71. The summed E-state index contributed by atoms with van der Waals surface area (Å²) in [5.74, 6) is 0.854. The number of nitrogens with one attached hydrogen (secondary N) is 1. The highest BCUT2D eigenvalue weighted by molar-refractivity contribution is 5.99. The Labute approximate surface area is 80.9 Å². The van der Waals surface area contributed by atoms with E-state index in [9.17, 15) is 0 Å². The van der Waals surface area contributed by atoms with Crippen molar-refractivity contribution in [2.75, 3.05) is 0 Å². The molecule has 0 aliphatic rings. The quantitative estimate of drug-likeness (QED) is 0.439. The molecule has 0 aromatic heterocycles. The first-order valence-corrected chi connectivity index (χ1v) is 4.49. The van der Waals surface area contributed by atoms with Gasteiger partial charge in [0, 0.05) is 10.8 Å². The van der Waals surface area contributed by atoms with Crippen molar-refractivity contribution >= 4 is 11.7 Å². The van der Waals surface area contributed by atoms with Gasteiger partial charge in [-0.25, -0.2) is 4.99 Å². The van der Waals surface area contributed by atoms with Crippen LogP contribution in [0.25, 0.3) is 0 Å². The van der Waals surface area contributed by atoms with E-state index in [2.05, 4.69) is 4.99 Å². The molecule has 3 nitrogen and oxygen atoms in total. The van der Waals surface area contributed by atoms with Gasteiger partial charge in [-0.15, -0.1) is 0 Å². The lowest BCUT2D eigenvalue weighted by molar-refractivity contribution is 0.568. The van der Waals surface area contributed by atoms with Crippen LogP contribution in [-0.4, -0.2) is 11.7 Å². The zero-order valence-electron chi connectivity index (χ0n) is 9.52. The van der Waals surface area contributed by atoms with E-state index in [0.29, 0.717) is 11.7 Å². The van der Waals surface area contributed by atoms with E-state index in [-0.39, 0.29) is 10.8 Å². The lowest BCUT2D eigenvalue weighted by Gasteiger charge is -2.21. The van der Waals surface area contributed by atoms with Crippen LogP contribution >= 0.6 is 0 Å². The van der Waals surface area contributed by atoms with Crippen LogP contribution in [0.2, 0.25) is 0 Å². The molecular weight excluding hydrogens is 162 g/mol. The Balaban J connectivity index is 4.70. The van der Waals surface area contributed by atoms with E-state index in [4.69, 9.17) is 11.1 Å². The molecule has 0 atom stereocenters. The smallest absolute Gasteiger partial charge is 0.127 e. The van der Waals surface area contributed by atoms with Gasteiger partial charge in [-0.1, -0.05) is 41.5 Å². The fourth-order valence-corrected chi connectivity index (χ4v) is 0.456. The summed E-state index contributed by atoms with van der Waals surface area (Å²) in [4.78, 5) is 4.10. The Hall–Kier alpha value is -0.860. The molecule has 0 saturated heterocycles. The van der Waals surface area contributed by atoms with Crippen molar-refractivity contribution in [1.82, 2.24) is 0 Å². The normalized spacial score (nSPS) is 14.5. The van der Waals surface area contributed by atoms with Crippen molar-refractivity contribution in [2.24, 2.45) is 21.6 Å². The minimum atomic E-state index is -0.226. The van der Waals surface area contributed by atoms with Crippen LogP contribution in [0.5, 0.6) is 0 Å². The number of nitrogens with zero attached hydrogens (tertiary/aromatic N) is 1. The molecule has 0 amide bonds. The van der Waals surface area contributed by atoms with E-state index >= 15 is 0 Å². The van der Waals surface area contributed by atoms with Crippen molar-refractivity contribution in [2.45, 2.75) is 41.5 Å². The summed E-state index contributed by atoms with van der Waals surface area (Å²) in [6.45, 7) is 11.8. The topological polar surface area (TPSA) is 62.2 Å². The summed E-state index contributed by atoms with van der Waals surface area (Å²) in [5.41, 5.74) is 5.38. The minimum absolute atomic E-state index is 0.155. The number of aliphatic imine (C=N–C) groups is 1. The molecule has 0 aromatic rings. The first-order chi connectivity index (χ1) is 5.55. The predicted molar refractivity (Wildman–Crippen MR) is 58.3 cm³/mol. The first kappa shape index (κ1) is 12.1. The van der Waals surface area contributed by atoms with Gasteiger partial charge in [0.05, 0.1) is 0 Å². The lowest BCUT2D eigenvalue weighted by Crippen LogP contribution is -2.31. The molecule has 0 aromatic carbocycles. The number of amidine groups is 2. The fraction of sp³-hybridized carbons (Fsp3) is 0.800. The largest absolute Gasteiger partial charge is 0.387 e. The van der Waals surface area contributed by atoms with Gasteiger partial charge in [-0.2, -0.15) is 0 Å². The van der Waals surface area contributed by atoms with Gasteiger partial charge in [-0.3, -0.25) is 5.41 Å². The van der Waals surface area contributed by atoms with Crippen LogP contribution in [0, 0.1) is 16.2 Å². The van der Waals surface area contributed by atoms with Gasteiger partial charge in [0.15, 0.2) is 0 Å². The molecule has 0 fully saturated rings. The molecule has 0 aliphatic carbocycles. The second kappa shape index (κ2) is 3.48. The average molecular weight is 183 g/mol. The number of rotatable bonds is 0. The zero-order valence-corrected chi connectivity index (χ0v) is 9.52. The van der Waals surface area contributed by atoms with E-state index in [1.165, 1.54) is 0 Å². The predicted octanol–water partition coefficient (Wildman–Crippen LogP) is 2.41. The number of hydrogen-bond donors (Lipinski definition) is 2. The van der Waals surface area contributed by atoms with E-state index in [1.807, 2.05) is 41.5 Å². The third-order valence-electron chi connectivity index (χ3n) is 1.71. The van der Waals surface area contributed by atoms with Crippen molar-refractivity contribution in [1.29, 1.82) is 5.41 Å². The SMILES string of the molecule is CC(C)(C)C(=N)N=C(N)C(C)(C)C. The zero-order chi connectivity index (χ0) is 10.9. The highest BCUT2D eigenvalue weighted by atomic mass is 14.9. The van der Waals surface area contributed by atoms with E-state index in [1.54, 1.807) is 0 Å². The summed E-state index contributed by atoms with van der Waals surface area (Å²) >= 11 is 0. The van der Waals surface area contributed by atoms with Gasteiger partial charge in [-0.05, 0) is 0 Å². The molecular formula is C10H21N3. The van der Waals surface area contributed by atoms with Gasteiger partial charge in [0.25, 0.3) is 0 Å². The summed E-state index contributed by atoms with van der Waals surface area (Å²) in [5, 5.41) is 7.68. The van der Waals surface area contributed by atoms with Crippen LogP contribution in [0.15, 0.2) is 4.99 Å². The van der Waals surface area contributed by atoms with Gasteiger partial charge >= 0.3 is 0 Å². The second-order valence-electron chi connectivity index (χ2n) is 5.35. The second-order valence-corrected chi connectivity index (χ2v) is 5.35. The van der Waals surface area contributed by atoms with Crippen molar-refractivity contribution in [3.8, 4) is 0 Å². The first-order valence-electron chi connectivity index (χ1n) is 4.49. The summed E-state index contributed by atoms with van der Waals surface area (Å²) < 4.78 is 0. The molecule has 0 aliphatic heterocycles. The Morgan fingerprint density at radius 3 is 1.62 bits per heavy atom. The molecule has 0 radical (unpaired) electrons. The maximum absolute atomic E-state index is 7.68. The molecule has 0 heterocycles. The summed E-state index contributed by atoms with van der Waals surface area (Å²) in [7, 11) is 0. The molecule has 13 heavy (non-hydrogen) atoms. The van der Waals surface area contributed by atoms with Crippen LogP contribution in [0.3, 0.4) is 0 Å². The summed E-state index contributed by atoms with van der Waals surface area (Å²) in [6.07, 6.45) is 0. The van der Waals surface area contributed by atoms with Gasteiger partial charge in [0.2, 0.25) is 0 Å². The lowest BCUT2D eigenvalue weighted by atomic mass is 9.93. The van der Waals surface area contributed by atoms with Crippen LogP contribution in [-0.2, 0) is 0 Å². The molecule has 0 rings (SSSR count). The Bertz CT molecular complexity index is 226. The molecule has 0 spiro atoms. The van der Waals surface area contributed by atoms with Crippen LogP contribution in [0.1, 0.15) is 41.5 Å². The molecule has 0 unspecified atom stereocenters. The monoisotopic (exact) mass is 183 g/mol. The van der Waals surface area contributed by atoms with Crippen LogP contribution < -0.4 is 5.73 Å². The van der Waals surface area contributed by atoms with E-state index in [0.717, 1.165) is 0 Å². The molecule has 76 valence electrons. The van der Waals surface area contributed by atoms with Gasteiger partial charge < -0.3 is 5.73 Å². The Kier molecular flexibility index (Phi) is 3.25. The third kappa shape index (κ3) is 4.06. The van der Waals surface area contributed by atoms with Crippen molar-refractivity contribution < 1.29 is 0 Å². The van der Waals surface area contributed by atoms with Crippen LogP contribution in [0.4, 0.5) is 0 Å². The van der Waals surface area contributed by atoms with E-state index < -0.39 is 0 Å². The number of nitrogens with two attached hydrogens (primary N) is 1. The molecule has 0 saturated carbocycles.